The molecule has 0 aliphatic carbocycles. The van der Waals surface area contributed by atoms with Crippen LogP contribution in [0.3, 0.4) is 0 Å². The van der Waals surface area contributed by atoms with Crippen molar-refractivity contribution in [2.45, 2.75) is 91.1 Å². The van der Waals surface area contributed by atoms with E-state index in [0.29, 0.717) is 0 Å². The molecule has 0 aliphatic rings. The van der Waals surface area contributed by atoms with E-state index in [4.69, 9.17) is 8.85 Å². The zero-order chi connectivity index (χ0) is 18.2. The number of hydrogen-bond acceptors (Lipinski definition) is 4. The lowest BCUT2D eigenvalue weighted by Gasteiger charge is -2.14. The van der Waals surface area contributed by atoms with Gasteiger partial charge in [0.2, 0.25) is 0 Å². The molecule has 0 saturated carbocycles. The highest BCUT2D eigenvalue weighted by Crippen LogP contribution is 2.16. The second-order valence-electron chi connectivity index (χ2n) is 6.18. The first-order valence-corrected chi connectivity index (χ1v) is 11.7. The number of carbonyl (C=O) groups excluding carboxylic acids is 2. The summed E-state index contributed by atoms with van der Waals surface area (Å²) in [6.07, 6.45) is 7.68. The van der Waals surface area contributed by atoms with Crippen LogP contribution in [-0.4, -0.2) is 31.5 Å². The second-order valence-corrected chi connectivity index (χ2v) is 8.17. The molecule has 0 saturated heterocycles. The largest absolute Gasteiger partial charge is 0.516 e. The fraction of sp³-hybridized carbons (Fsp3) is 0.889. The Kier molecular flexibility index (Phi) is 15.5. The van der Waals surface area contributed by atoms with Crippen LogP contribution in [0.4, 0.5) is 0 Å². The molecule has 0 heterocycles. The van der Waals surface area contributed by atoms with Crippen LogP contribution in [0.1, 0.15) is 79.1 Å². The molecule has 0 unspecified atom stereocenters. The van der Waals surface area contributed by atoms with Gasteiger partial charge in [-0.15, -0.1) is 0 Å². The lowest BCUT2D eigenvalue weighted by atomic mass is 9.99. The Hall–Kier alpha value is -0.626. The van der Waals surface area contributed by atoms with Gasteiger partial charge in [-0.3, -0.25) is 9.59 Å². The van der Waals surface area contributed by atoms with Crippen molar-refractivity contribution in [3.05, 3.63) is 0 Å². The summed E-state index contributed by atoms with van der Waals surface area (Å²) in [5.41, 5.74) is 0. The molecule has 0 bridgehead atoms. The summed E-state index contributed by atoms with van der Waals surface area (Å²) >= 11 is 0. The topological polar surface area (TPSA) is 52.6 Å². The minimum absolute atomic E-state index is 0.0524. The molecule has 0 fully saturated rings. The van der Waals surface area contributed by atoms with Crippen LogP contribution in [-0.2, 0) is 18.4 Å². The van der Waals surface area contributed by atoms with Gasteiger partial charge in [-0.2, -0.15) is 0 Å². The fourth-order valence-electron chi connectivity index (χ4n) is 2.67. The van der Waals surface area contributed by atoms with E-state index in [2.05, 4.69) is 27.7 Å². The van der Waals surface area contributed by atoms with Crippen LogP contribution in [0.15, 0.2) is 0 Å². The molecule has 4 nitrogen and oxygen atoms in total. The van der Waals surface area contributed by atoms with Gasteiger partial charge in [0.15, 0.2) is 0 Å². The summed E-state index contributed by atoms with van der Waals surface area (Å²) in [6, 6.07) is 1.57. The highest BCUT2D eigenvalue weighted by atomic mass is 28.2. The normalized spacial score (nSPS) is 11.1. The van der Waals surface area contributed by atoms with Crippen LogP contribution >= 0.6 is 0 Å². The van der Waals surface area contributed by atoms with E-state index in [1.54, 1.807) is 0 Å². The third-order valence-corrected chi connectivity index (χ3v) is 5.99. The summed E-state index contributed by atoms with van der Waals surface area (Å²) in [5, 5.41) is 0. The van der Waals surface area contributed by atoms with E-state index in [1.165, 1.54) is 0 Å². The SMILES string of the molecule is CCCC(CCC)C(=O)O[Si]CC[Si]OC(=O)C(CCC)CCC. The van der Waals surface area contributed by atoms with Crippen LogP contribution in [0.25, 0.3) is 0 Å². The predicted molar refractivity (Wildman–Crippen MR) is 99.9 cm³/mol. The molecule has 0 amide bonds. The first kappa shape index (κ1) is 23.4. The second kappa shape index (κ2) is 15.9. The van der Waals surface area contributed by atoms with E-state index in [1.807, 2.05) is 0 Å². The average Bonchev–Trinajstić information content (AvgIpc) is 2.57. The molecule has 138 valence electrons. The molecule has 0 spiro atoms. The maximum Gasteiger partial charge on any atom is 0.314 e. The third-order valence-electron chi connectivity index (χ3n) is 3.89. The molecule has 0 N–H and O–H groups in total. The van der Waals surface area contributed by atoms with E-state index in [-0.39, 0.29) is 43.3 Å². The van der Waals surface area contributed by atoms with Crippen molar-refractivity contribution < 1.29 is 18.4 Å². The first-order chi connectivity index (χ1) is 11.6. The Morgan fingerprint density at radius 1 is 0.667 bits per heavy atom. The van der Waals surface area contributed by atoms with Crippen molar-refractivity contribution in [3.63, 3.8) is 0 Å². The van der Waals surface area contributed by atoms with Gasteiger partial charge in [-0.1, -0.05) is 53.4 Å². The molecule has 0 aromatic carbocycles. The molecule has 0 aliphatic heterocycles. The number of carbonyl (C=O) groups is 2. The predicted octanol–water partition coefficient (Wildman–Crippen LogP) is 4.58. The third kappa shape index (κ3) is 11.0. The average molecular weight is 371 g/mol. The first-order valence-electron chi connectivity index (χ1n) is 9.47. The Morgan fingerprint density at radius 2 is 0.958 bits per heavy atom. The van der Waals surface area contributed by atoms with Crippen molar-refractivity contribution >= 4 is 31.5 Å². The summed E-state index contributed by atoms with van der Waals surface area (Å²) in [6.45, 7) is 8.38. The number of hydrogen-bond donors (Lipinski definition) is 0. The maximum atomic E-state index is 12.0. The summed E-state index contributed by atoms with van der Waals surface area (Å²) < 4.78 is 10.8. The van der Waals surface area contributed by atoms with Crippen molar-refractivity contribution in [3.8, 4) is 0 Å². The van der Waals surface area contributed by atoms with Crippen LogP contribution in [0.2, 0.25) is 12.1 Å². The fourth-order valence-corrected chi connectivity index (χ4v) is 4.31. The van der Waals surface area contributed by atoms with E-state index in [0.717, 1.165) is 63.5 Å². The highest BCUT2D eigenvalue weighted by molar-refractivity contribution is 6.37. The quantitative estimate of drug-likeness (QED) is 0.313. The van der Waals surface area contributed by atoms with Crippen LogP contribution < -0.4 is 0 Å². The van der Waals surface area contributed by atoms with E-state index in [9.17, 15) is 9.59 Å². The van der Waals surface area contributed by atoms with Crippen LogP contribution in [0.5, 0.6) is 0 Å². The lowest BCUT2D eigenvalue weighted by Crippen LogP contribution is -2.21. The summed E-state index contributed by atoms with van der Waals surface area (Å²) in [4.78, 5) is 24.0. The van der Waals surface area contributed by atoms with Crippen LogP contribution in [0, 0.1) is 11.8 Å². The van der Waals surface area contributed by atoms with Gasteiger partial charge >= 0.3 is 19.5 Å². The van der Waals surface area contributed by atoms with Gasteiger partial charge in [0.25, 0.3) is 11.9 Å². The zero-order valence-corrected chi connectivity index (χ0v) is 17.9. The van der Waals surface area contributed by atoms with Crippen molar-refractivity contribution in [2.75, 3.05) is 0 Å². The molecule has 24 heavy (non-hydrogen) atoms. The van der Waals surface area contributed by atoms with Gasteiger partial charge in [-0.25, -0.2) is 0 Å². The van der Waals surface area contributed by atoms with E-state index >= 15 is 0 Å². The monoisotopic (exact) mass is 370 g/mol. The minimum atomic E-state index is -0.0525. The van der Waals surface area contributed by atoms with Gasteiger partial charge in [0.05, 0.1) is 11.8 Å². The minimum Gasteiger partial charge on any atom is -0.516 e. The molecular weight excluding hydrogens is 336 g/mol. The summed E-state index contributed by atoms with van der Waals surface area (Å²) in [5.74, 6) is -0.000112. The van der Waals surface area contributed by atoms with Gasteiger partial charge in [-0.05, 0) is 37.8 Å². The van der Waals surface area contributed by atoms with Gasteiger partial charge < -0.3 is 8.85 Å². The Morgan fingerprint density at radius 3 is 1.21 bits per heavy atom. The maximum absolute atomic E-state index is 12.0. The molecule has 4 radical (unpaired) electrons. The molecule has 6 heteroatoms. The van der Waals surface area contributed by atoms with Crippen molar-refractivity contribution in [1.82, 2.24) is 0 Å². The zero-order valence-electron chi connectivity index (χ0n) is 15.9. The molecule has 0 aromatic rings. The Bertz CT molecular complexity index is 293. The van der Waals surface area contributed by atoms with E-state index < -0.39 is 0 Å². The Labute approximate surface area is 153 Å². The van der Waals surface area contributed by atoms with Crippen molar-refractivity contribution in [1.29, 1.82) is 0 Å². The Balaban J connectivity index is 3.85. The van der Waals surface area contributed by atoms with Gasteiger partial charge in [0, 0.05) is 0 Å². The van der Waals surface area contributed by atoms with Gasteiger partial charge in [0.1, 0.15) is 0 Å². The molecule has 0 aromatic heterocycles. The molecule has 0 rings (SSSR count). The standard InChI is InChI=1S/C18H34O4Si2/c1-5-9-15(10-6-2)17(19)21-23-13-14-24-22-18(20)16(11-7-3)12-8-4/h15-16H,5-14H2,1-4H3. The number of rotatable bonds is 15. The smallest absolute Gasteiger partial charge is 0.314 e. The van der Waals surface area contributed by atoms with Crippen molar-refractivity contribution in [2.24, 2.45) is 11.8 Å². The highest BCUT2D eigenvalue weighted by Gasteiger charge is 2.19. The molecule has 0 atom stereocenters. The molecular formula is C18H34O4Si2. The lowest BCUT2D eigenvalue weighted by molar-refractivity contribution is -0.140. The summed E-state index contributed by atoms with van der Waals surface area (Å²) in [7, 11) is 0.358.